The van der Waals surface area contributed by atoms with E-state index in [1.807, 2.05) is 6.07 Å². The molecule has 0 unspecified atom stereocenters. The van der Waals surface area contributed by atoms with Gasteiger partial charge in [-0.05, 0) is 43.0 Å². The van der Waals surface area contributed by atoms with Gasteiger partial charge in [0.2, 0.25) is 0 Å². The zero-order valence-electron chi connectivity index (χ0n) is 12.4. The van der Waals surface area contributed by atoms with Crippen LogP contribution in [0.1, 0.15) is 43.5 Å². The normalized spacial score (nSPS) is 16.8. The van der Waals surface area contributed by atoms with Crippen molar-refractivity contribution >= 4 is 5.82 Å². The molecule has 4 nitrogen and oxygen atoms in total. The molecule has 0 atom stereocenters. The molecular formula is C17H21N3O. The molecule has 1 aliphatic heterocycles. The number of fused-ring (bicyclic) bond motifs is 1. The van der Waals surface area contributed by atoms with Crippen molar-refractivity contribution in [2.24, 2.45) is 0 Å². The van der Waals surface area contributed by atoms with Gasteiger partial charge in [-0.15, -0.1) is 0 Å². The van der Waals surface area contributed by atoms with Crippen LogP contribution in [0.25, 0.3) is 11.3 Å². The lowest BCUT2D eigenvalue weighted by Crippen LogP contribution is -2.06. The molecule has 2 N–H and O–H groups in total. The molecule has 0 radical (unpaired) electrons. The van der Waals surface area contributed by atoms with Gasteiger partial charge >= 0.3 is 0 Å². The molecule has 2 aromatic rings. The molecule has 1 aliphatic carbocycles. The van der Waals surface area contributed by atoms with Crippen molar-refractivity contribution in [3.8, 4) is 17.0 Å². The van der Waals surface area contributed by atoms with Crippen LogP contribution in [-0.2, 0) is 13.0 Å². The van der Waals surface area contributed by atoms with Gasteiger partial charge in [0.25, 0.3) is 0 Å². The Labute approximate surface area is 124 Å². The molecule has 1 aromatic heterocycles. The van der Waals surface area contributed by atoms with Crippen molar-refractivity contribution in [3.63, 3.8) is 0 Å². The Balaban J connectivity index is 1.79. The first-order valence-corrected chi connectivity index (χ1v) is 7.90. The number of nitrogen functional groups attached to an aromatic ring is 1. The van der Waals surface area contributed by atoms with E-state index in [9.17, 15) is 0 Å². The standard InChI is InChI=1S/C17H21N3O/c1-2-8-20-16(18)15(19-17(20)11-3-4-11)13-5-6-14-12(10-13)7-9-21-14/h5-6,10-11H,2-4,7-9,18H2,1H3. The predicted octanol–water partition coefficient (Wildman–Crippen LogP) is 3.35. The van der Waals surface area contributed by atoms with Gasteiger partial charge in [0, 0.05) is 24.4 Å². The summed E-state index contributed by atoms with van der Waals surface area (Å²) in [4.78, 5) is 4.88. The summed E-state index contributed by atoms with van der Waals surface area (Å²) in [7, 11) is 0. The molecule has 1 fully saturated rings. The Morgan fingerprint density at radius 1 is 1.38 bits per heavy atom. The minimum Gasteiger partial charge on any atom is -0.493 e. The van der Waals surface area contributed by atoms with Crippen LogP contribution in [0.2, 0.25) is 0 Å². The van der Waals surface area contributed by atoms with E-state index in [1.165, 1.54) is 24.2 Å². The van der Waals surface area contributed by atoms with Crippen LogP contribution in [0, 0.1) is 0 Å². The van der Waals surface area contributed by atoms with Crippen LogP contribution in [0.4, 0.5) is 5.82 Å². The number of nitrogens with zero attached hydrogens (tertiary/aromatic N) is 2. The average Bonchev–Trinajstić information content (AvgIpc) is 3.14. The summed E-state index contributed by atoms with van der Waals surface area (Å²) < 4.78 is 7.80. The van der Waals surface area contributed by atoms with Crippen molar-refractivity contribution in [1.29, 1.82) is 0 Å². The summed E-state index contributed by atoms with van der Waals surface area (Å²) in [6.45, 7) is 3.92. The molecule has 2 aliphatic rings. The van der Waals surface area contributed by atoms with Gasteiger partial charge in [0.1, 0.15) is 23.1 Å². The van der Waals surface area contributed by atoms with Crippen LogP contribution < -0.4 is 10.5 Å². The summed E-state index contributed by atoms with van der Waals surface area (Å²) in [5.41, 5.74) is 9.73. The summed E-state index contributed by atoms with van der Waals surface area (Å²) >= 11 is 0. The summed E-state index contributed by atoms with van der Waals surface area (Å²) in [6.07, 6.45) is 4.56. The van der Waals surface area contributed by atoms with Gasteiger partial charge in [-0.1, -0.05) is 6.92 Å². The Hall–Kier alpha value is -1.97. The van der Waals surface area contributed by atoms with Gasteiger partial charge < -0.3 is 15.0 Å². The fourth-order valence-corrected chi connectivity index (χ4v) is 3.14. The molecule has 0 bridgehead atoms. The molecule has 0 spiro atoms. The molecule has 0 amide bonds. The maximum Gasteiger partial charge on any atom is 0.131 e. The summed E-state index contributed by atoms with van der Waals surface area (Å²) in [5, 5.41) is 0. The van der Waals surface area contributed by atoms with E-state index in [-0.39, 0.29) is 0 Å². The summed E-state index contributed by atoms with van der Waals surface area (Å²) in [6, 6.07) is 6.32. The lowest BCUT2D eigenvalue weighted by atomic mass is 10.1. The van der Waals surface area contributed by atoms with Gasteiger partial charge in [0.05, 0.1) is 6.61 Å². The SMILES string of the molecule is CCCn1c(C2CC2)nc(-c2ccc3c(c2)CCO3)c1N. The zero-order chi connectivity index (χ0) is 14.4. The molecule has 21 heavy (non-hydrogen) atoms. The maximum absolute atomic E-state index is 6.40. The number of aromatic nitrogens is 2. The molecule has 4 heteroatoms. The zero-order valence-corrected chi connectivity index (χ0v) is 12.4. The Morgan fingerprint density at radius 3 is 3.00 bits per heavy atom. The van der Waals surface area contributed by atoms with E-state index in [0.29, 0.717) is 5.92 Å². The quantitative estimate of drug-likeness (QED) is 0.936. The number of hydrogen-bond donors (Lipinski definition) is 1. The van der Waals surface area contributed by atoms with Crippen LogP contribution >= 0.6 is 0 Å². The number of imidazole rings is 1. The molecule has 1 aromatic carbocycles. The number of rotatable bonds is 4. The van der Waals surface area contributed by atoms with Crippen LogP contribution in [0.15, 0.2) is 18.2 Å². The van der Waals surface area contributed by atoms with Gasteiger partial charge in [0.15, 0.2) is 0 Å². The number of nitrogens with two attached hydrogens (primary N) is 1. The second-order valence-electron chi connectivity index (χ2n) is 6.05. The Morgan fingerprint density at radius 2 is 2.24 bits per heavy atom. The van der Waals surface area contributed by atoms with E-state index >= 15 is 0 Å². The van der Waals surface area contributed by atoms with Crippen molar-refractivity contribution < 1.29 is 4.74 Å². The van der Waals surface area contributed by atoms with E-state index in [0.717, 1.165) is 48.8 Å². The van der Waals surface area contributed by atoms with E-state index in [1.54, 1.807) is 0 Å². The van der Waals surface area contributed by atoms with Crippen LogP contribution in [-0.4, -0.2) is 16.2 Å². The third kappa shape index (κ3) is 2.09. The molecular weight excluding hydrogens is 262 g/mol. The lowest BCUT2D eigenvalue weighted by molar-refractivity contribution is 0.357. The average molecular weight is 283 g/mol. The van der Waals surface area contributed by atoms with Crippen molar-refractivity contribution in [2.75, 3.05) is 12.3 Å². The fraction of sp³-hybridized carbons (Fsp3) is 0.471. The van der Waals surface area contributed by atoms with Crippen molar-refractivity contribution in [2.45, 2.75) is 45.1 Å². The molecule has 4 rings (SSSR count). The van der Waals surface area contributed by atoms with E-state index in [2.05, 4.69) is 23.6 Å². The number of ether oxygens (including phenoxy) is 1. The highest BCUT2D eigenvalue weighted by Gasteiger charge is 2.31. The highest BCUT2D eigenvalue weighted by atomic mass is 16.5. The second-order valence-corrected chi connectivity index (χ2v) is 6.05. The van der Waals surface area contributed by atoms with Gasteiger partial charge in [-0.2, -0.15) is 0 Å². The smallest absolute Gasteiger partial charge is 0.131 e. The van der Waals surface area contributed by atoms with E-state index < -0.39 is 0 Å². The first-order valence-electron chi connectivity index (χ1n) is 7.90. The second kappa shape index (κ2) is 4.79. The molecule has 1 saturated carbocycles. The first kappa shape index (κ1) is 12.7. The monoisotopic (exact) mass is 283 g/mol. The van der Waals surface area contributed by atoms with Crippen LogP contribution in [0.5, 0.6) is 5.75 Å². The largest absolute Gasteiger partial charge is 0.493 e. The topological polar surface area (TPSA) is 53.1 Å². The Bertz CT molecular complexity index is 686. The molecule has 0 saturated heterocycles. The minimum absolute atomic E-state index is 0.616. The Kier molecular flexibility index (Phi) is 2.91. The highest BCUT2D eigenvalue weighted by Crippen LogP contribution is 2.42. The van der Waals surface area contributed by atoms with Crippen LogP contribution in [0.3, 0.4) is 0 Å². The molecule has 2 heterocycles. The van der Waals surface area contributed by atoms with Crippen molar-refractivity contribution in [1.82, 2.24) is 9.55 Å². The van der Waals surface area contributed by atoms with Gasteiger partial charge in [-0.25, -0.2) is 4.98 Å². The maximum atomic E-state index is 6.40. The van der Waals surface area contributed by atoms with Gasteiger partial charge in [-0.3, -0.25) is 0 Å². The first-order chi connectivity index (χ1) is 10.3. The number of anilines is 1. The van der Waals surface area contributed by atoms with Crippen molar-refractivity contribution in [3.05, 3.63) is 29.6 Å². The number of benzene rings is 1. The van der Waals surface area contributed by atoms with E-state index in [4.69, 9.17) is 15.5 Å². The highest BCUT2D eigenvalue weighted by molar-refractivity contribution is 5.73. The number of hydrogen-bond acceptors (Lipinski definition) is 3. The molecule has 110 valence electrons. The third-order valence-electron chi connectivity index (χ3n) is 4.39. The minimum atomic E-state index is 0.616. The summed E-state index contributed by atoms with van der Waals surface area (Å²) in [5.74, 6) is 3.62. The predicted molar refractivity (Wildman–Crippen MR) is 83.5 cm³/mol. The third-order valence-corrected chi connectivity index (χ3v) is 4.39. The fourth-order valence-electron chi connectivity index (χ4n) is 3.14. The lowest BCUT2D eigenvalue weighted by Gasteiger charge is -2.07.